The largest absolute Gasteiger partial charge is 0.490 e. The van der Waals surface area contributed by atoms with Gasteiger partial charge in [0.05, 0.1) is 21.7 Å². The van der Waals surface area contributed by atoms with Crippen LogP contribution in [0.2, 0.25) is 0 Å². The molecule has 1 aliphatic heterocycles. The number of benzene rings is 1. The number of alkyl halides is 3. The van der Waals surface area contributed by atoms with Crippen LogP contribution in [0.5, 0.6) is 0 Å². The van der Waals surface area contributed by atoms with Crippen molar-refractivity contribution in [3.63, 3.8) is 0 Å². The zero-order chi connectivity index (χ0) is 28.5. The molecule has 2 aromatic heterocycles. The molecule has 3 aromatic rings. The van der Waals surface area contributed by atoms with Gasteiger partial charge in [-0.15, -0.1) is 0 Å². The van der Waals surface area contributed by atoms with Gasteiger partial charge in [-0.3, -0.25) is 9.78 Å². The van der Waals surface area contributed by atoms with Gasteiger partial charge in [0.25, 0.3) is 5.91 Å². The molecule has 0 atom stereocenters. The summed E-state index contributed by atoms with van der Waals surface area (Å²) in [6.07, 6.45) is -1.31. The lowest BCUT2D eigenvalue weighted by Crippen LogP contribution is -2.43. The maximum Gasteiger partial charge on any atom is 0.490 e. The van der Waals surface area contributed by atoms with Gasteiger partial charge in [0, 0.05) is 18.9 Å². The standard InChI is InChI=1S/C21H23N5O4S.C2HF3O2/c1-4-11-31(29,30)15-5-6-16-17(12-15)24-19(23-16)26-18(27)21(2,3)25(20(26)28)13-14-7-9-22-10-8-14;3-2(4,5)1(6)7/h5-10,12H,4,11,13H2,1-3H3,(H,23,24);(H,6,7). The lowest BCUT2D eigenvalue weighted by molar-refractivity contribution is -0.192. The van der Waals surface area contributed by atoms with Crippen molar-refractivity contribution >= 4 is 44.7 Å². The monoisotopic (exact) mass is 555 g/mol. The molecule has 3 heterocycles. The Balaban J connectivity index is 0.000000505. The van der Waals surface area contributed by atoms with Gasteiger partial charge in [-0.25, -0.2) is 23.0 Å². The van der Waals surface area contributed by atoms with Crippen molar-refractivity contribution in [2.75, 3.05) is 10.7 Å². The Bertz CT molecular complexity index is 1470. The number of aliphatic carboxylic acids is 1. The van der Waals surface area contributed by atoms with E-state index in [0.717, 1.165) is 10.5 Å². The van der Waals surface area contributed by atoms with E-state index < -0.39 is 39.5 Å². The number of pyridine rings is 1. The quantitative estimate of drug-likeness (QED) is 0.438. The number of carbonyl (C=O) groups excluding carboxylic acids is 2. The number of carboxylic acid groups (broad SMARTS) is 1. The van der Waals surface area contributed by atoms with Crippen LogP contribution in [-0.2, 0) is 26.0 Å². The number of imide groups is 1. The second kappa shape index (κ2) is 10.4. The third-order valence-corrected chi connectivity index (χ3v) is 7.56. The summed E-state index contributed by atoms with van der Waals surface area (Å²) in [4.78, 5) is 49.2. The normalized spacial score (nSPS) is 15.5. The molecule has 0 unspecified atom stereocenters. The van der Waals surface area contributed by atoms with Crippen molar-refractivity contribution in [2.24, 2.45) is 0 Å². The number of amides is 3. The molecule has 3 amide bonds. The molecule has 0 spiro atoms. The van der Waals surface area contributed by atoms with Gasteiger partial charge in [0.2, 0.25) is 5.95 Å². The summed E-state index contributed by atoms with van der Waals surface area (Å²) in [7, 11) is -3.40. The number of carboxylic acids is 1. The van der Waals surface area contributed by atoms with Crippen LogP contribution in [0.3, 0.4) is 0 Å². The first-order valence-electron chi connectivity index (χ1n) is 11.2. The molecular weight excluding hydrogens is 531 g/mol. The first-order valence-corrected chi connectivity index (χ1v) is 12.8. The molecule has 0 bridgehead atoms. The molecule has 2 N–H and O–H groups in total. The molecule has 38 heavy (non-hydrogen) atoms. The lowest BCUT2D eigenvalue weighted by atomic mass is 10.0. The average molecular weight is 556 g/mol. The fraction of sp³-hybridized carbons (Fsp3) is 0.348. The number of fused-ring (bicyclic) bond motifs is 1. The minimum atomic E-state index is -5.08. The molecular formula is C23H24F3N5O6S. The summed E-state index contributed by atoms with van der Waals surface area (Å²) in [5.74, 6) is -3.06. The Labute approximate surface area is 215 Å². The van der Waals surface area contributed by atoms with Crippen molar-refractivity contribution in [2.45, 2.75) is 50.3 Å². The summed E-state index contributed by atoms with van der Waals surface area (Å²) in [6.45, 7) is 5.42. The number of anilines is 1. The van der Waals surface area contributed by atoms with Crippen LogP contribution in [0.4, 0.5) is 23.9 Å². The number of aromatic nitrogens is 3. The number of rotatable bonds is 6. The number of halogens is 3. The smallest absolute Gasteiger partial charge is 0.475 e. The summed E-state index contributed by atoms with van der Waals surface area (Å²) in [6, 6.07) is 7.63. The number of carbonyl (C=O) groups is 3. The van der Waals surface area contributed by atoms with Crippen LogP contribution in [0.15, 0.2) is 47.6 Å². The highest BCUT2D eigenvalue weighted by Gasteiger charge is 2.52. The van der Waals surface area contributed by atoms with Crippen LogP contribution in [0.25, 0.3) is 11.0 Å². The number of hydrogen-bond donors (Lipinski definition) is 2. The molecule has 1 aliphatic rings. The molecule has 1 saturated heterocycles. The molecule has 0 radical (unpaired) electrons. The molecule has 0 saturated carbocycles. The van der Waals surface area contributed by atoms with Gasteiger partial charge in [-0.05, 0) is 56.2 Å². The van der Waals surface area contributed by atoms with E-state index in [0.29, 0.717) is 17.5 Å². The maximum atomic E-state index is 13.2. The average Bonchev–Trinajstić information content (AvgIpc) is 3.31. The third-order valence-electron chi connectivity index (χ3n) is 5.64. The molecule has 204 valence electrons. The Morgan fingerprint density at radius 1 is 1.13 bits per heavy atom. The Kier molecular flexibility index (Phi) is 7.81. The van der Waals surface area contributed by atoms with Gasteiger partial charge >= 0.3 is 18.2 Å². The third kappa shape index (κ3) is 5.77. The maximum absolute atomic E-state index is 13.2. The second-order valence-corrected chi connectivity index (χ2v) is 10.9. The van der Waals surface area contributed by atoms with E-state index in [-0.39, 0.29) is 23.1 Å². The number of sulfone groups is 1. The summed E-state index contributed by atoms with van der Waals surface area (Å²) < 4.78 is 56.5. The number of hydrogen-bond acceptors (Lipinski definition) is 7. The SMILES string of the molecule is CCCS(=O)(=O)c1ccc2nc(N3C(=O)N(Cc4ccncc4)C(C)(C)C3=O)[nH]c2c1.O=C(O)C(F)(F)F. The van der Waals surface area contributed by atoms with E-state index in [1.165, 1.54) is 17.0 Å². The molecule has 0 aliphatic carbocycles. The number of nitrogens with zero attached hydrogens (tertiary/aromatic N) is 4. The van der Waals surface area contributed by atoms with Crippen LogP contribution in [0, 0.1) is 0 Å². The molecule has 11 nitrogen and oxygen atoms in total. The molecule has 15 heteroatoms. The fourth-order valence-corrected chi connectivity index (χ4v) is 4.97. The van der Waals surface area contributed by atoms with Crippen LogP contribution < -0.4 is 4.90 Å². The Morgan fingerprint density at radius 2 is 1.74 bits per heavy atom. The molecule has 1 aromatic carbocycles. The van der Waals surface area contributed by atoms with E-state index in [4.69, 9.17) is 9.90 Å². The molecule has 4 rings (SSSR count). The predicted octanol–water partition coefficient (Wildman–Crippen LogP) is 3.52. The van der Waals surface area contributed by atoms with Crippen molar-refractivity contribution < 1.29 is 41.1 Å². The lowest BCUT2D eigenvalue weighted by Gasteiger charge is -2.27. The minimum Gasteiger partial charge on any atom is -0.475 e. The Hall–Kier alpha value is -4.01. The van der Waals surface area contributed by atoms with Crippen molar-refractivity contribution in [1.82, 2.24) is 19.9 Å². The van der Waals surface area contributed by atoms with E-state index in [1.54, 1.807) is 51.4 Å². The van der Waals surface area contributed by atoms with E-state index in [1.807, 2.05) is 0 Å². The summed E-state index contributed by atoms with van der Waals surface area (Å²) in [5, 5.41) is 7.12. The van der Waals surface area contributed by atoms with Gasteiger partial charge in [-0.2, -0.15) is 18.1 Å². The summed E-state index contributed by atoms with van der Waals surface area (Å²) >= 11 is 0. The van der Waals surface area contributed by atoms with Crippen molar-refractivity contribution in [1.29, 1.82) is 0 Å². The number of H-pyrrole nitrogens is 1. The van der Waals surface area contributed by atoms with Gasteiger partial charge in [0.15, 0.2) is 9.84 Å². The first kappa shape index (κ1) is 28.6. The van der Waals surface area contributed by atoms with Crippen LogP contribution in [0.1, 0.15) is 32.8 Å². The highest BCUT2D eigenvalue weighted by Crippen LogP contribution is 2.33. The van der Waals surface area contributed by atoms with E-state index in [2.05, 4.69) is 15.0 Å². The number of aromatic amines is 1. The highest BCUT2D eigenvalue weighted by molar-refractivity contribution is 7.91. The predicted molar refractivity (Wildman–Crippen MR) is 129 cm³/mol. The van der Waals surface area contributed by atoms with Crippen LogP contribution >= 0.6 is 0 Å². The van der Waals surface area contributed by atoms with Gasteiger partial charge < -0.3 is 15.0 Å². The second-order valence-electron chi connectivity index (χ2n) is 8.78. The van der Waals surface area contributed by atoms with Gasteiger partial charge in [-0.1, -0.05) is 6.92 Å². The fourth-order valence-electron chi connectivity index (χ4n) is 3.62. The van der Waals surface area contributed by atoms with Crippen LogP contribution in [-0.4, -0.2) is 68.8 Å². The van der Waals surface area contributed by atoms with E-state index >= 15 is 0 Å². The zero-order valence-electron chi connectivity index (χ0n) is 20.5. The minimum absolute atomic E-state index is 0.0424. The topological polar surface area (TPSA) is 154 Å². The van der Waals surface area contributed by atoms with Crippen molar-refractivity contribution in [3.05, 3.63) is 48.3 Å². The first-order chi connectivity index (χ1) is 17.6. The molecule has 1 fully saturated rings. The van der Waals surface area contributed by atoms with E-state index in [9.17, 15) is 31.2 Å². The Morgan fingerprint density at radius 3 is 2.29 bits per heavy atom. The number of imidazole rings is 1. The zero-order valence-corrected chi connectivity index (χ0v) is 21.3. The number of nitrogens with one attached hydrogen (secondary N) is 1. The van der Waals surface area contributed by atoms with Gasteiger partial charge in [0.1, 0.15) is 5.54 Å². The van der Waals surface area contributed by atoms with Crippen molar-refractivity contribution in [3.8, 4) is 0 Å². The number of urea groups is 1. The highest BCUT2D eigenvalue weighted by atomic mass is 32.2. The summed E-state index contributed by atoms with van der Waals surface area (Å²) in [5.41, 5.74) is 0.686.